The minimum atomic E-state index is 0.695. The van der Waals surface area contributed by atoms with Crippen molar-refractivity contribution in [2.24, 2.45) is 0 Å². The average molecular weight is 755 g/mol. The number of benzene rings is 8. The molecule has 0 amide bonds. The summed E-state index contributed by atoms with van der Waals surface area (Å²) in [5.41, 5.74) is 14.4. The maximum Gasteiger partial charge on any atom is 0.160 e. The maximum absolute atomic E-state index is 5.37. The summed E-state index contributed by atoms with van der Waals surface area (Å²) >= 11 is 0. The fourth-order valence-corrected chi connectivity index (χ4v) is 7.95. The quantitative estimate of drug-likeness (QED) is 0.152. The Hall–Kier alpha value is -8.09. The Balaban J connectivity index is 1.10. The highest BCUT2D eigenvalue weighted by atomic mass is 15.5. The van der Waals surface area contributed by atoms with Gasteiger partial charge in [-0.05, 0) is 53.1 Å². The zero-order valence-electron chi connectivity index (χ0n) is 31.8. The third kappa shape index (κ3) is 6.29. The van der Waals surface area contributed by atoms with Gasteiger partial charge in [-0.2, -0.15) is 4.80 Å². The number of para-hydroxylation sites is 1. The van der Waals surface area contributed by atoms with Crippen molar-refractivity contribution in [2.45, 2.75) is 0 Å². The van der Waals surface area contributed by atoms with Gasteiger partial charge in [0.05, 0.1) is 28.3 Å². The van der Waals surface area contributed by atoms with E-state index in [4.69, 9.17) is 25.1 Å². The van der Waals surface area contributed by atoms with Crippen LogP contribution in [0.25, 0.3) is 106 Å². The summed E-state index contributed by atoms with van der Waals surface area (Å²) in [4.78, 5) is 17.2. The van der Waals surface area contributed by atoms with E-state index in [2.05, 4.69) is 127 Å². The summed E-state index contributed by atoms with van der Waals surface area (Å²) in [6, 6.07) is 70.9. The number of hydrogen-bond donors (Lipinski definition) is 0. The van der Waals surface area contributed by atoms with Crippen molar-refractivity contribution < 1.29 is 0 Å². The lowest BCUT2D eigenvalue weighted by Gasteiger charge is -2.14. The highest BCUT2D eigenvalue weighted by Gasteiger charge is 2.21. The van der Waals surface area contributed by atoms with Crippen LogP contribution in [0.5, 0.6) is 0 Å². The molecule has 0 fully saturated rings. The van der Waals surface area contributed by atoms with Crippen LogP contribution in [0.2, 0.25) is 0 Å². The van der Waals surface area contributed by atoms with E-state index in [1.54, 1.807) is 4.80 Å². The first-order valence-corrected chi connectivity index (χ1v) is 19.7. The molecule has 11 rings (SSSR count). The van der Waals surface area contributed by atoms with E-state index >= 15 is 0 Å². The molecule has 0 atom stereocenters. The predicted molar refractivity (Wildman–Crippen MR) is 240 cm³/mol. The summed E-state index contributed by atoms with van der Waals surface area (Å²) in [5, 5.41) is 13.5. The first-order valence-electron chi connectivity index (χ1n) is 19.7. The largest absolute Gasteiger partial charge is 0.247 e. The molecule has 0 unspecified atom stereocenters. The van der Waals surface area contributed by atoms with E-state index in [0.717, 1.165) is 100.0 Å². The van der Waals surface area contributed by atoms with Gasteiger partial charge in [0.25, 0.3) is 0 Å². The first-order chi connectivity index (χ1) is 29.2. The number of nitrogens with zero attached hydrogens (tertiary/aromatic N) is 6. The molecule has 0 saturated heterocycles. The Bertz CT molecular complexity index is 3220. The fourth-order valence-electron chi connectivity index (χ4n) is 7.95. The Morgan fingerprint density at radius 3 is 1.49 bits per heavy atom. The lowest BCUT2D eigenvalue weighted by atomic mass is 9.92. The maximum atomic E-state index is 5.37. The fraction of sp³-hybridized carbons (Fsp3) is 0. The molecule has 0 N–H and O–H groups in total. The molecule has 3 heterocycles. The van der Waals surface area contributed by atoms with E-state index in [9.17, 15) is 0 Å². The second-order valence-electron chi connectivity index (χ2n) is 14.6. The molecule has 6 nitrogen and oxygen atoms in total. The van der Waals surface area contributed by atoms with Gasteiger partial charge in [0.1, 0.15) is 11.0 Å². The van der Waals surface area contributed by atoms with Gasteiger partial charge in [-0.15, -0.1) is 10.2 Å². The van der Waals surface area contributed by atoms with Crippen molar-refractivity contribution >= 4 is 32.7 Å². The van der Waals surface area contributed by atoms with Crippen molar-refractivity contribution in [3.05, 3.63) is 206 Å². The van der Waals surface area contributed by atoms with Gasteiger partial charge >= 0.3 is 0 Å². The minimum absolute atomic E-state index is 0.695. The van der Waals surface area contributed by atoms with Crippen LogP contribution in [0.1, 0.15) is 0 Å². The number of pyridine rings is 1. The first kappa shape index (κ1) is 34.2. The average Bonchev–Trinajstić information content (AvgIpc) is 3.78. The van der Waals surface area contributed by atoms with Crippen LogP contribution in [0.15, 0.2) is 206 Å². The van der Waals surface area contributed by atoms with Crippen LogP contribution in [0, 0.1) is 0 Å². The molecule has 6 heteroatoms. The summed E-state index contributed by atoms with van der Waals surface area (Å²) in [6.07, 6.45) is 0. The molecule has 3 aromatic heterocycles. The Morgan fingerprint density at radius 1 is 0.339 bits per heavy atom. The number of aromatic nitrogens is 6. The molecule has 0 aliphatic carbocycles. The molecule has 0 aliphatic heterocycles. The summed E-state index contributed by atoms with van der Waals surface area (Å²) in [7, 11) is 0. The molecule has 0 bridgehead atoms. The SMILES string of the molecule is c1ccc(-c2cc(-c3ccc(-c4ccc5nc(-c6ccccc6)c6cc(-c7ccccc7)c7nn(-c8ccccc8)nc7c6c5c4)cc3)nc(-c3ccccc3)n2)cc1. The monoisotopic (exact) mass is 754 g/mol. The van der Waals surface area contributed by atoms with Crippen LogP contribution >= 0.6 is 0 Å². The summed E-state index contributed by atoms with van der Waals surface area (Å²) in [6.45, 7) is 0. The molecule has 0 spiro atoms. The van der Waals surface area contributed by atoms with Gasteiger partial charge in [-0.25, -0.2) is 15.0 Å². The van der Waals surface area contributed by atoms with E-state index in [1.165, 1.54) is 0 Å². The summed E-state index contributed by atoms with van der Waals surface area (Å²) < 4.78 is 0. The van der Waals surface area contributed by atoms with Crippen LogP contribution in [0.3, 0.4) is 0 Å². The lowest BCUT2D eigenvalue weighted by Crippen LogP contribution is -1.97. The van der Waals surface area contributed by atoms with Gasteiger partial charge in [-0.3, -0.25) is 0 Å². The Labute approximate surface area is 340 Å². The minimum Gasteiger partial charge on any atom is -0.247 e. The summed E-state index contributed by atoms with van der Waals surface area (Å²) in [5.74, 6) is 0.695. The molecule has 0 aliphatic rings. The van der Waals surface area contributed by atoms with Gasteiger partial charge in [0, 0.05) is 44.0 Å². The van der Waals surface area contributed by atoms with Crippen molar-refractivity contribution in [1.82, 2.24) is 29.9 Å². The third-order valence-corrected chi connectivity index (χ3v) is 10.9. The molecule has 276 valence electrons. The van der Waals surface area contributed by atoms with Crippen molar-refractivity contribution in [1.29, 1.82) is 0 Å². The lowest BCUT2D eigenvalue weighted by molar-refractivity contribution is 0.766. The number of rotatable bonds is 7. The van der Waals surface area contributed by atoms with Crippen LogP contribution in [-0.2, 0) is 0 Å². The Morgan fingerprint density at radius 2 is 0.847 bits per heavy atom. The predicted octanol–water partition coefficient (Wildman–Crippen LogP) is 12.9. The molecule has 59 heavy (non-hydrogen) atoms. The van der Waals surface area contributed by atoms with Gasteiger partial charge in [0.2, 0.25) is 0 Å². The van der Waals surface area contributed by atoms with Gasteiger partial charge < -0.3 is 0 Å². The zero-order chi connectivity index (χ0) is 39.1. The highest BCUT2D eigenvalue weighted by molar-refractivity contribution is 6.23. The van der Waals surface area contributed by atoms with E-state index < -0.39 is 0 Å². The van der Waals surface area contributed by atoms with Crippen LogP contribution in [0.4, 0.5) is 0 Å². The number of fused-ring (bicyclic) bond motifs is 5. The molecular formula is C53H34N6. The van der Waals surface area contributed by atoms with Gasteiger partial charge in [0.15, 0.2) is 5.82 Å². The van der Waals surface area contributed by atoms with Crippen molar-refractivity contribution in [3.8, 4) is 73.1 Å². The van der Waals surface area contributed by atoms with Crippen LogP contribution in [-0.4, -0.2) is 29.9 Å². The normalized spacial score (nSPS) is 11.4. The smallest absolute Gasteiger partial charge is 0.160 e. The van der Waals surface area contributed by atoms with Crippen molar-refractivity contribution in [3.63, 3.8) is 0 Å². The third-order valence-electron chi connectivity index (χ3n) is 10.9. The highest BCUT2D eigenvalue weighted by Crippen LogP contribution is 2.42. The van der Waals surface area contributed by atoms with Gasteiger partial charge in [-0.1, -0.05) is 170 Å². The Kier molecular flexibility index (Phi) is 8.37. The van der Waals surface area contributed by atoms with E-state index in [1.807, 2.05) is 78.9 Å². The van der Waals surface area contributed by atoms with E-state index in [-0.39, 0.29) is 0 Å². The molecule has 0 radical (unpaired) electrons. The second kappa shape index (κ2) is 14.4. The molecular weight excluding hydrogens is 721 g/mol. The van der Waals surface area contributed by atoms with Crippen molar-refractivity contribution in [2.75, 3.05) is 0 Å². The van der Waals surface area contributed by atoms with Crippen LogP contribution < -0.4 is 0 Å². The standard InChI is InChI=1S/C53H34N6/c1-6-16-36(17-7-1)43-33-45-49(52-51(43)57-59(58-52)42-24-14-5-15-25-42)44-32-41(30-31-46(44)54-50(45)39-20-10-3-11-21-39)35-26-28-38(29-27-35)48-34-47(37-18-8-2-9-19-37)55-53(56-48)40-22-12-4-13-23-40/h1-34H. The molecule has 8 aromatic carbocycles. The van der Waals surface area contributed by atoms with E-state index in [0.29, 0.717) is 5.82 Å². The topological polar surface area (TPSA) is 69.4 Å². The second-order valence-corrected chi connectivity index (χ2v) is 14.6. The molecule has 0 saturated carbocycles. The molecule has 11 aromatic rings. The number of hydrogen-bond acceptors (Lipinski definition) is 5. The zero-order valence-corrected chi connectivity index (χ0v) is 31.8.